The van der Waals surface area contributed by atoms with Crippen molar-refractivity contribution in [1.29, 1.82) is 0 Å². The molecular weight excluding hydrogens is 560 g/mol. The van der Waals surface area contributed by atoms with Crippen LogP contribution in [0.4, 0.5) is 10.5 Å². The predicted molar refractivity (Wildman–Crippen MR) is 150 cm³/mol. The molecule has 41 heavy (non-hydrogen) atoms. The Morgan fingerprint density at radius 3 is 2.15 bits per heavy atom. The minimum absolute atomic E-state index is 0.0197. The van der Waals surface area contributed by atoms with E-state index in [-0.39, 0.29) is 23.6 Å². The number of benzene rings is 1. The number of anilines is 1. The first kappa shape index (κ1) is 35.8. The van der Waals surface area contributed by atoms with Crippen LogP contribution in [0, 0.1) is 5.92 Å². The third-order valence-electron chi connectivity index (χ3n) is 5.81. The van der Waals surface area contributed by atoms with Gasteiger partial charge < -0.3 is 36.3 Å². The molecule has 14 nitrogen and oxygen atoms in total. The molecule has 0 heterocycles. The molecule has 0 aromatic heterocycles. The maximum Gasteiger partial charge on any atom is 0.506 e. The molecule has 0 aliphatic heterocycles. The summed E-state index contributed by atoms with van der Waals surface area (Å²) < 4.78 is 43.2. The van der Waals surface area contributed by atoms with Crippen molar-refractivity contribution in [1.82, 2.24) is 10.6 Å². The first-order chi connectivity index (χ1) is 18.6. The SMILES string of the molecule is CC(C)C(NC(=O)CC(C)(C)OCCC(C)(C)N)C(=O)N[C@@H](C)C(=O)Nc1ccc(COC(=O)O)c(S(=O)(=O)O)c1. The van der Waals surface area contributed by atoms with Gasteiger partial charge in [0, 0.05) is 23.4 Å². The number of carboxylic acid groups (broad SMARTS) is 1. The van der Waals surface area contributed by atoms with Crippen molar-refractivity contribution in [3.05, 3.63) is 23.8 Å². The number of rotatable bonds is 15. The molecule has 232 valence electrons. The molecule has 15 heteroatoms. The monoisotopic (exact) mass is 602 g/mol. The number of nitrogens with two attached hydrogens (primary N) is 1. The second kappa shape index (κ2) is 14.6. The second-order valence-corrected chi connectivity index (χ2v) is 12.8. The number of carbonyl (C=O) groups is 4. The van der Waals surface area contributed by atoms with Crippen LogP contribution < -0.4 is 21.7 Å². The van der Waals surface area contributed by atoms with Gasteiger partial charge in [-0.2, -0.15) is 8.42 Å². The van der Waals surface area contributed by atoms with Gasteiger partial charge in [0.05, 0.1) is 12.0 Å². The van der Waals surface area contributed by atoms with Crippen molar-refractivity contribution in [2.75, 3.05) is 11.9 Å². The van der Waals surface area contributed by atoms with Gasteiger partial charge in [-0.1, -0.05) is 19.9 Å². The molecule has 0 saturated heterocycles. The summed E-state index contributed by atoms with van der Waals surface area (Å²) in [7, 11) is -4.79. The van der Waals surface area contributed by atoms with Crippen molar-refractivity contribution in [3.8, 4) is 0 Å². The summed E-state index contributed by atoms with van der Waals surface area (Å²) in [5.41, 5.74) is 4.54. The Kier molecular flexibility index (Phi) is 12.7. The zero-order chi connectivity index (χ0) is 31.8. The van der Waals surface area contributed by atoms with Gasteiger partial charge in [0.15, 0.2) is 0 Å². The lowest BCUT2D eigenvalue weighted by atomic mass is 10.00. The lowest BCUT2D eigenvalue weighted by Crippen LogP contribution is -2.54. The smallest absolute Gasteiger partial charge is 0.450 e. The van der Waals surface area contributed by atoms with E-state index in [1.807, 2.05) is 13.8 Å². The molecule has 0 spiro atoms. The lowest BCUT2D eigenvalue weighted by Gasteiger charge is -2.29. The molecule has 1 aromatic rings. The summed E-state index contributed by atoms with van der Waals surface area (Å²) in [6.45, 7) is 11.8. The zero-order valence-corrected chi connectivity index (χ0v) is 25.3. The number of hydrogen-bond donors (Lipinski definition) is 6. The van der Waals surface area contributed by atoms with Gasteiger partial charge in [-0.25, -0.2) is 4.79 Å². The van der Waals surface area contributed by atoms with Crippen LogP contribution in [0.25, 0.3) is 0 Å². The van der Waals surface area contributed by atoms with Crippen molar-refractivity contribution >= 4 is 39.7 Å². The average Bonchev–Trinajstić information content (AvgIpc) is 2.79. The molecule has 3 amide bonds. The maximum absolute atomic E-state index is 13.0. The Morgan fingerprint density at radius 1 is 1.02 bits per heavy atom. The van der Waals surface area contributed by atoms with E-state index in [1.54, 1.807) is 27.7 Å². The molecule has 1 rings (SSSR count). The van der Waals surface area contributed by atoms with Gasteiger partial charge >= 0.3 is 6.16 Å². The fourth-order valence-electron chi connectivity index (χ4n) is 3.54. The van der Waals surface area contributed by atoms with E-state index in [0.29, 0.717) is 13.0 Å². The molecule has 0 aliphatic carbocycles. The Morgan fingerprint density at radius 2 is 1.63 bits per heavy atom. The van der Waals surface area contributed by atoms with Gasteiger partial charge in [-0.05, 0) is 59.1 Å². The highest BCUT2D eigenvalue weighted by Gasteiger charge is 2.30. The zero-order valence-electron chi connectivity index (χ0n) is 24.4. The fraction of sp³-hybridized carbons (Fsp3) is 0.615. The van der Waals surface area contributed by atoms with E-state index in [0.717, 1.165) is 12.1 Å². The van der Waals surface area contributed by atoms with E-state index >= 15 is 0 Å². The molecule has 0 aliphatic rings. The van der Waals surface area contributed by atoms with Crippen molar-refractivity contribution in [3.63, 3.8) is 0 Å². The quantitative estimate of drug-likeness (QED) is 0.126. The van der Waals surface area contributed by atoms with Crippen LogP contribution in [0.5, 0.6) is 0 Å². The Hall–Kier alpha value is -3.27. The fourth-order valence-corrected chi connectivity index (χ4v) is 4.27. The van der Waals surface area contributed by atoms with Crippen LogP contribution in [0.1, 0.15) is 66.9 Å². The summed E-state index contributed by atoms with van der Waals surface area (Å²) >= 11 is 0. The molecule has 0 fully saturated rings. The average molecular weight is 603 g/mol. The lowest BCUT2D eigenvalue weighted by molar-refractivity contribution is -0.134. The number of ether oxygens (including phenoxy) is 2. The predicted octanol–water partition coefficient (Wildman–Crippen LogP) is 2.02. The maximum atomic E-state index is 13.0. The van der Waals surface area contributed by atoms with Gasteiger partial charge in [-0.15, -0.1) is 0 Å². The molecule has 2 atom stereocenters. The number of carbonyl (C=O) groups excluding carboxylic acids is 3. The van der Waals surface area contributed by atoms with E-state index in [9.17, 15) is 32.1 Å². The second-order valence-electron chi connectivity index (χ2n) is 11.4. The van der Waals surface area contributed by atoms with Crippen LogP contribution in [0.3, 0.4) is 0 Å². The summed E-state index contributed by atoms with van der Waals surface area (Å²) in [6.07, 6.45) is -1.07. The number of hydrogen-bond acceptors (Lipinski definition) is 9. The van der Waals surface area contributed by atoms with E-state index in [2.05, 4.69) is 20.7 Å². The molecular formula is C26H42N4O10S. The Bertz CT molecular complexity index is 1210. The van der Waals surface area contributed by atoms with E-state index in [4.69, 9.17) is 15.6 Å². The highest BCUT2D eigenvalue weighted by atomic mass is 32.2. The standard InChI is InChI=1S/C26H42N4O10S/c1-15(2)21(30-20(31)13-26(6,7)40-11-10-25(4,5)27)23(33)28-16(3)22(32)29-18-9-8-17(14-39-24(34)35)19(12-18)41(36,37)38/h8-9,12,15-16,21H,10-11,13-14,27H2,1-7H3,(H,28,33)(H,29,32)(H,30,31)(H,34,35)(H,36,37,38)/t16-,21?/m0/s1. The normalized spacial score (nSPS) is 13.7. The van der Waals surface area contributed by atoms with E-state index < -0.39 is 68.7 Å². The van der Waals surface area contributed by atoms with Crippen LogP contribution in [0.2, 0.25) is 0 Å². The minimum atomic E-state index is -4.79. The molecule has 0 radical (unpaired) electrons. The Labute approximate surface area is 240 Å². The van der Waals surface area contributed by atoms with Gasteiger partial charge in [0.1, 0.15) is 23.6 Å². The molecule has 0 saturated carbocycles. The highest BCUT2D eigenvalue weighted by Crippen LogP contribution is 2.22. The summed E-state index contributed by atoms with van der Waals surface area (Å²) in [4.78, 5) is 48.4. The molecule has 1 unspecified atom stereocenters. The minimum Gasteiger partial charge on any atom is -0.450 e. The third kappa shape index (κ3) is 13.3. The molecule has 0 bridgehead atoms. The van der Waals surface area contributed by atoms with Crippen LogP contribution in [0.15, 0.2) is 23.1 Å². The Balaban J connectivity index is 2.86. The van der Waals surface area contributed by atoms with Gasteiger partial charge in [-0.3, -0.25) is 18.9 Å². The first-order valence-electron chi connectivity index (χ1n) is 12.9. The molecule has 7 N–H and O–H groups in total. The van der Waals surface area contributed by atoms with Crippen molar-refractivity contribution < 1.29 is 46.7 Å². The van der Waals surface area contributed by atoms with Crippen molar-refractivity contribution in [2.45, 2.75) is 96.0 Å². The van der Waals surface area contributed by atoms with E-state index in [1.165, 1.54) is 13.0 Å². The number of amides is 3. The van der Waals surface area contributed by atoms with Gasteiger partial charge in [0.25, 0.3) is 10.1 Å². The summed E-state index contributed by atoms with van der Waals surface area (Å²) in [5, 5.41) is 16.3. The molecule has 1 aromatic carbocycles. The van der Waals surface area contributed by atoms with Gasteiger partial charge in [0.2, 0.25) is 17.7 Å². The first-order valence-corrected chi connectivity index (χ1v) is 14.3. The summed E-state index contributed by atoms with van der Waals surface area (Å²) in [6, 6.07) is 1.30. The highest BCUT2D eigenvalue weighted by molar-refractivity contribution is 7.85. The van der Waals surface area contributed by atoms with Crippen LogP contribution in [-0.2, 0) is 40.6 Å². The largest absolute Gasteiger partial charge is 0.506 e. The summed E-state index contributed by atoms with van der Waals surface area (Å²) in [5.74, 6) is -2.08. The third-order valence-corrected chi connectivity index (χ3v) is 6.74. The topological polar surface area (TPSA) is 223 Å². The van der Waals surface area contributed by atoms with Crippen molar-refractivity contribution in [2.24, 2.45) is 11.7 Å². The van der Waals surface area contributed by atoms with Crippen LogP contribution in [-0.4, -0.2) is 71.8 Å². The van der Waals surface area contributed by atoms with Crippen LogP contribution >= 0.6 is 0 Å². The number of nitrogens with one attached hydrogen (secondary N) is 3.